The van der Waals surface area contributed by atoms with Crippen molar-refractivity contribution in [3.8, 4) is 28.1 Å². The number of nitrogens with zero attached hydrogens (tertiary/aromatic N) is 3. The molecule has 0 saturated carbocycles. The molecule has 5 rings (SSSR count). The Morgan fingerprint density at radius 2 is 1.69 bits per heavy atom. The van der Waals surface area contributed by atoms with Gasteiger partial charge in [-0.2, -0.15) is 5.10 Å². The first-order valence-electron chi connectivity index (χ1n) is 14.8. The van der Waals surface area contributed by atoms with Gasteiger partial charge in [0, 0.05) is 29.6 Å². The summed E-state index contributed by atoms with van der Waals surface area (Å²) in [5.41, 5.74) is 6.36. The van der Waals surface area contributed by atoms with E-state index in [1.54, 1.807) is 12.4 Å². The minimum absolute atomic E-state index is 0.0518. The lowest BCUT2D eigenvalue weighted by atomic mass is 9.97. The van der Waals surface area contributed by atoms with Gasteiger partial charge in [-0.25, -0.2) is 0 Å². The highest BCUT2D eigenvalue weighted by Crippen LogP contribution is 2.41. The summed E-state index contributed by atoms with van der Waals surface area (Å²) in [4.78, 5) is 28.5. The van der Waals surface area contributed by atoms with Crippen LogP contribution in [0.4, 0.5) is 0 Å². The van der Waals surface area contributed by atoms with Gasteiger partial charge in [0.15, 0.2) is 8.32 Å². The molecule has 1 aliphatic rings. The summed E-state index contributed by atoms with van der Waals surface area (Å²) in [6.07, 6.45) is 5.10. The third kappa shape index (κ3) is 6.34. The van der Waals surface area contributed by atoms with Gasteiger partial charge in [-0.15, -0.1) is 0 Å². The maximum atomic E-state index is 13.6. The number of aromatic nitrogens is 3. The zero-order valence-corrected chi connectivity index (χ0v) is 26.5. The number of benzene rings is 2. The minimum atomic E-state index is -2.34. The van der Waals surface area contributed by atoms with Gasteiger partial charge in [-0.3, -0.25) is 14.5 Å². The average Bonchev–Trinajstić information content (AvgIpc) is 3.35. The maximum Gasteiger partial charge on any atom is 0.270 e. The van der Waals surface area contributed by atoms with Crippen LogP contribution >= 0.6 is 0 Å². The van der Waals surface area contributed by atoms with E-state index >= 15 is 0 Å². The summed E-state index contributed by atoms with van der Waals surface area (Å²) in [7, 11) is -2.34. The van der Waals surface area contributed by atoms with Crippen LogP contribution in [0.2, 0.25) is 18.1 Å². The van der Waals surface area contributed by atoms with Crippen LogP contribution < -0.4 is 10.1 Å². The van der Waals surface area contributed by atoms with Gasteiger partial charge in [0.1, 0.15) is 23.7 Å². The molecule has 42 heavy (non-hydrogen) atoms. The van der Waals surface area contributed by atoms with Crippen LogP contribution in [0, 0.1) is 0 Å². The lowest BCUT2D eigenvalue weighted by Crippen LogP contribution is -2.46. The normalized spacial score (nSPS) is 15.4. The van der Waals surface area contributed by atoms with E-state index in [0.29, 0.717) is 24.8 Å². The van der Waals surface area contributed by atoms with Gasteiger partial charge in [0.25, 0.3) is 5.91 Å². The molecule has 1 amide bonds. The number of fused-ring (bicyclic) bond motifs is 1. The molecule has 1 unspecified atom stereocenters. The number of rotatable bonds is 10. The van der Waals surface area contributed by atoms with Crippen LogP contribution in [0.15, 0.2) is 73.1 Å². The second-order valence-corrected chi connectivity index (χ2v) is 17.3. The van der Waals surface area contributed by atoms with Gasteiger partial charge >= 0.3 is 0 Å². The lowest BCUT2D eigenvalue weighted by Gasteiger charge is -2.36. The molecule has 0 bridgehead atoms. The number of carbonyl (C=O) groups excluding carboxylic acids is 1. The zero-order chi connectivity index (χ0) is 30.1. The number of pyridine rings is 1. The number of nitrogens with one attached hydrogen (secondary N) is 1. The van der Waals surface area contributed by atoms with Crippen LogP contribution in [0.1, 0.15) is 68.1 Å². The molecule has 3 heterocycles. The first-order valence-corrected chi connectivity index (χ1v) is 17.7. The molecule has 0 fully saturated rings. The third-order valence-corrected chi connectivity index (χ3v) is 12.4. The molecule has 8 heteroatoms. The fourth-order valence-electron chi connectivity index (χ4n) is 5.21. The Morgan fingerprint density at radius 1 is 1.02 bits per heavy atom. The van der Waals surface area contributed by atoms with Gasteiger partial charge in [-0.1, -0.05) is 64.1 Å². The lowest BCUT2D eigenvalue weighted by molar-refractivity contribution is 0.0891. The van der Waals surface area contributed by atoms with E-state index < -0.39 is 8.32 Å². The molecule has 0 spiro atoms. The SMILES string of the molecule is CC(C)c1ccc(COc2ccc(-c3c(-c4ccncc4)nn4c3C(=O)NC(CCC(C)(C)[Si](C)(C)O)C4)cc2)cc1. The van der Waals surface area contributed by atoms with Crippen molar-refractivity contribution in [2.75, 3.05) is 0 Å². The van der Waals surface area contributed by atoms with Crippen LogP contribution in [-0.4, -0.2) is 39.8 Å². The van der Waals surface area contributed by atoms with E-state index in [-0.39, 0.29) is 17.0 Å². The quantitative estimate of drug-likeness (QED) is 0.193. The molecule has 1 aliphatic heterocycles. The summed E-state index contributed by atoms with van der Waals surface area (Å²) in [6.45, 7) is 13.7. The number of amides is 1. The van der Waals surface area contributed by atoms with Crippen molar-refractivity contribution in [2.24, 2.45) is 0 Å². The van der Waals surface area contributed by atoms with E-state index in [9.17, 15) is 9.59 Å². The van der Waals surface area contributed by atoms with Gasteiger partial charge in [0.2, 0.25) is 0 Å². The highest BCUT2D eigenvalue weighted by molar-refractivity contribution is 6.72. The van der Waals surface area contributed by atoms with Crippen LogP contribution in [0.5, 0.6) is 5.75 Å². The van der Waals surface area contributed by atoms with E-state index in [1.165, 1.54) is 5.56 Å². The first-order chi connectivity index (χ1) is 19.9. The predicted molar refractivity (Wildman–Crippen MR) is 170 cm³/mol. The minimum Gasteiger partial charge on any atom is -0.489 e. The molecular formula is C34H42N4O3Si. The fraction of sp³-hybridized carbons (Fsp3) is 0.382. The second kappa shape index (κ2) is 11.9. The number of hydrogen-bond donors (Lipinski definition) is 2. The summed E-state index contributed by atoms with van der Waals surface area (Å²) in [6, 6.07) is 20.2. The molecule has 0 saturated heterocycles. The van der Waals surface area contributed by atoms with Crippen molar-refractivity contribution >= 4 is 14.2 Å². The second-order valence-electron chi connectivity index (χ2n) is 12.9. The molecule has 0 radical (unpaired) electrons. The van der Waals surface area contributed by atoms with Gasteiger partial charge in [-0.05, 0) is 77.8 Å². The van der Waals surface area contributed by atoms with E-state index in [4.69, 9.17) is 9.84 Å². The summed E-state index contributed by atoms with van der Waals surface area (Å²) in [5, 5.41) is 8.04. The van der Waals surface area contributed by atoms with Gasteiger partial charge < -0.3 is 14.8 Å². The van der Waals surface area contributed by atoms with Crippen LogP contribution in [0.3, 0.4) is 0 Å². The maximum absolute atomic E-state index is 13.6. The summed E-state index contributed by atoms with van der Waals surface area (Å²) >= 11 is 0. The average molecular weight is 583 g/mol. The predicted octanol–water partition coefficient (Wildman–Crippen LogP) is 7.18. The molecule has 4 aromatic rings. The Hall–Kier alpha value is -3.75. The summed E-state index contributed by atoms with van der Waals surface area (Å²) < 4.78 is 7.94. The Kier molecular flexibility index (Phi) is 8.39. The molecular weight excluding hydrogens is 540 g/mol. The first kappa shape index (κ1) is 29.7. The zero-order valence-electron chi connectivity index (χ0n) is 25.5. The van der Waals surface area contributed by atoms with Crippen molar-refractivity contribution in [3.05, 3.63) is 89.9 Å². The summed E-state index contributed by atoms with van der Waals surface area (Å²) in [5.74, 6) is 1.14. The highest BCUT2D eigenvalue weighted by atomic mass is 28.4. The molecule has 0 aliphatic carbocycles. The topological polar surface area (TPSA) is 89.3 Å². The van der Waals surface area contributed by atoms with Crippen molar-refractivity contribution < 1.29 is 14.3 Å². The van der Waals surface area contributed by atoms with E-state index in [2.05, 4.69) is 62.3 Å². The van der Waals surface area contributed by atoms with Crippen molar-refractivity contribution in [3.63, 3.8) is 0 Å². The van der Waals surface area contributed by atoms with Crippen molar-refractivity contribution in [1.29, 1.82) is 0 Å². The molecule has 2 N–H and O–H groups in total. The largest absolute Gasteiger partial charge is 0.489 e. The van der Waals surface area contributed by atoms with Crippen molar-refractivity contribution in [1.82, 2.24) is 20.1 Å². The molecule has 7 nitrogen and oxygen atoms in total. The number of hydrogen-bond acceptors (Lipinski definition) is 5. The highest BCUT2D eigenvalue weighted by Gasteiger charge is 2.39. The number of ether oxygens (including phenoxy) is 1. The number of carbonyl (C=O) groups is 1. The fourth-order valence-corrected chi connectivity index (χ4v) is 5.96. The Balaban J connectivity index is 1.39. The van der Waals surface area contributed by atoms with Crippen LogP contribution in [-0.2, 0) is 13.2 Å². The molecule has 220 valence electrons. The van der Waals surface area contributed by atoms with Gasteiger partial charge in [0.05, 0.1) is 6.54 Å². The smallest absolute Gasteiger partial charge is 0.270 e. The standard InChI is InChI=1S/C34H42N4O3Si/c1-23(2)25-9-7-24(8-10-25)22-41-29-13-11-26(12-14-29)30-31(27-16-19-35-20-17-27)37-38-21-28(36-33(39)32(30)38)15-18-34(3,4)42(5,6)40/h7-14,16-17,19-20,23,28,40H,15,18,21-22H2,1-6H3,(H,36,39). The molecule has 2 aromatic carbocycles. The molecule has 1 atom stereocenters. The van der Waals surface area contributed by atoms with Crippen molar-refractivity contribution in [2.45, 2.75) is 83.8 Å². The monoisotopic (exact) mass is 582 g/mol. The van der Waals surface area contributed by atoms with Crippen LogP contribution in [0.25, 0.3) is 22.4 Å². The van der Waals surface area contributed by atoms with E-state index in [0.717, 1.165) is 46.5 Å². The van der Waals surface area contributed by atoms with E-state index in [1.807, 2.05) is 54.2 Å². The Labute approximate surface area is 250 Å². The Bertz CT molecular complexity index is 1520. The molecule has 2 aromatic heterocycles. The Morgan fingerprint density at radius 3 is 2.31 bits per heavy atom. The third-order valence-electron chi connectivity index (χ3n) is 8.82.